The number of methoxy groups -OCH3 is 1. The lowest BCUT2D eigenvalue weighted by molar-refractivity contribution is -0.119. The van der Waals surface area contributed by atoms with Crippen molar-refractivity contribution in [3.05, 3.63) is 34.9 Å². The van der Waals surface area contributed by atoms with Crippen LogP contribution in [0.25, 0.3) is 6.08 Å². The Kier molecular flexibility index (Phi) is 4.21. The third kappa shape index (κ3) is 3.03. The smallest absolute Gasteiger partial charge is 0.163 e. The summed E-state index contributed by atoms with van der Waals surface area (Å²) < 4.78 is 5.27. The zero-order valence-corrected chi connectivity index (χ0v) is 10.5. The maximum Gasteiger partial charge on any atom is 0.163 e. The van der Waals surface area contributed by atoms with Gasteiger partial charge >= 0.3 is 0 Å². The van der Waals surface area contributed by atoms with Crippen LogP contribution < -0.4 is 4.74 Å². The van der Waals surface area contributed by atoms with E-state index in [0.29, 0.717) is 5.75 Å². The van der Waals surface area contributed by atoms with Crippen LogP contribution in [-0.2, 0) is 9.59 Å². The molecule has 1 rings (SSSR count). The second kappa shape index (κ2) is 5.43. The minimum absolute atomic E-state index is 0.189. The largest absolute Gasteiger partial charge is 0.496 e. The van der Waals surface area contributed by atoms with Gasteiger partial charge in [-0.05, 0) is 32.4 Å². The molecule has 17 heavy (non-hydrogen) atoms. The highest BCUT2D eigenvalue weighted by molar-refractivity contribution is 6.21. The zero-order chi connectivity index (χ0) is 13.0. The second-order valence-electron chi connectivity index (χ2n) is 3.87. The summed E-state index contributed by atoms with van der Waals surface area (Å²) in [7, 11) is 1.57. The molecule has 3 heteroatoms. The predicted molar refractivity (Wildman–Crippen MR) is 67.1 cm³/mol. The number of para-hydroxylation sites is 1. The lowest BCUT2D eigenvalue weighted by atomic mass is 10.0. The number of rotatable bonds is 4. The molecule has 0 amide bonds. The van der Waals surface area contributed by atoms with Crippen molar-refractivity contribution in [1.29, 1.82) is 0 Å². The number of carbonyl (C=O) groups excluding carboxylic acids is 2. The van der Waals surface area contributed by atoms with Gasteiger partial charge in [0.25, 0.3) is 0 Å². The first-order valence-electron chi connectivity index (χ1n) is 5.34. The molecule has 0 spiro atoms. The number of aryl methyl sites for hydroxylation is 1. The molecule has 0 aliphatic heterocycles. The fraction of sp³-hybridized carbons (Fsp3) is 0.286. The summed E-state index contributed by atoms with van der Waals surface area (Å²) >= 11 is 0. The molecule has 0 aliphatic rings. The van der Waals surface area contributed by atoms with E-state index in [0.717, 1.165) is 11.1 Å². The molecule has 0 fully saturated rings. The van der Waals surface area contributed by atoms with Gasteiger partial charge in [-0.3, -0.25) is 9.59 Å². The van der Waals surface area contributed by atoms with Crippen LogP contribution in [0.4, 0.5) is 0 Å². The quantitative estimate of drug-likeness (QED) is 0.455. The molecule has 0 heterocycles. The number of allylic oxidation sites excluding steroid dienone is 1. The van der Waals surface area contributed by atoms with Crippen LogP contribution in [0.5, 0.6) is 5.75 Å². The van der Waals surface area contributed by atoms with E-state index in [2.05, 4.69) is 0 Å². The van der Waals surface area contributed by atoms with E-state index < -0.39 is 0 Å². The van der Waals surface area contributed by atoms with Gasteiger partial charge in [0.15, 0.2) is 11.6 Å². The number of Topliss-reactive ketones (excluding diaryl/α,β-unsaturated/α-hetero) is 2. The van der Waals surface area contributed by atoms with Crippen molar-refractivity contribution in [3.8, 4) is 5.75 Å². The maximum absolute atomic E-state index is 11.3. The number of hydrogen-bond acceptors (Lipinski definition) is 3. The van der Waals surface area contributed by atoms with E-state index in [1.165, 1.54) is 13.8 Å². The van der Waals surface area contributed by atoms with Crippen LogP contribution in [0.3, 0.4) is 0 Å². The summed E-state index contributed by atoms with van der Waals surface area (Å²) in [5, 5.41) is 0. The van der Waals surface area contributed by atoms with Gasteiger partial charge in [0, 0.05) is 5.56 Å². The Bertz CT molecular complexity index is 468. The Morgan fingerprint density at radius 3 is 2.24 bits per heavy atom. The summed E-state index contributed by atoms with van der Waals surface area (Å²) in [6.45, 7) is 4.68. The van der Waals surface area contributed by atoms with Gasteiger partial charge < -0.3 is 4.74 Å². The first-order valence-corrected chi connectivity index (χ1v) is 5.34. The van der Waals surface area contributed by atoms with Gasteiger partial charge in [-0.1, -0.05) is 18.2 Å². The lowest BCUT2D eigenvalue weighted by Crippen LogP contribution is -2.06. The van der Waals surface area contributed by atoms with Crippen LogP contribution in [-0.4, -0.2) is 18.7 Å². The lowest BCUT2D eigenvalue weighted by Gasteiger charge is -2.08. The molecule has 3 nitrogen and oxygen atoms in total. The van der Waals surface area contributed by atoms with Crippen molar-refractivity contribution in [3.63, 3.8) is 0 Å². The number of ether oxygens (including phenoxy) is 1. The summed E-state index contributed by atoms with van der Waals surface area (Å²) in [5.41, 5.74) is 1.90. The highest BCUT2D eigenvalue weighted by Gasteiger charge is 2.11. The Balaban J connectivity index is 3.34. The van der Waals surface area contributed by atoms with E-state index in [-0.39, 0.29) is 17.1 Å². The summed E-state index contributed by atoms with van der Waals surface area (Å²) in [6.07, 6.45) is 1.58. The van der Waals surface area contributed by atoms with Crippen molar-refractivity contribution >= 4 is 17.6 Å². The standard InChI is InChI=1S/C14H16O3/c1-9-6-5-7-12(14(9)17-4)8-13(10(2)15)11(3)16/h5-8H,1-4H3. The fourth-order valence-corrected chi connectivity index (χ4v) is 1.67. The third-order valence-electron chi connectivity index (χ3n) is 2.50. The molecule has 0 saturated heterocycles. The van der Waals surface area contributed by atoms with Crippen LogP contribution >= 0.6 is 0 Å². The van der Waals surface area contributed by atoms with E-state index in [1.54, 1.807) is 13.2 Å². The predicted octanol–water partition coefficient (Wildman–Crippen LogP) is 2.57. The SMILES string of the molecule is COc1c(C)cccc1C=C(C(C)=O)C(C)=O. The molecule has 0 N–H and O–H groups in total. The van der Waals surface area contributed by atoms with Gasteiger partial charge in [-0.15, -0.1) is 0 Å². The minimum atomic E-state index is -0.235. The van der Waals surface area contributed by atoms with Crippen molar-refractivity contribution in [2.45, 2.75) is 20.8 Å². The fourth-order valence-electron chi connectivity index (χ4n) is 1.67. The Labute approximate surface area is 101 Å². The highest BCUT2D eigenvalue weighted by atomic mass is 16.5. The van der Waals surface area contributed by atoms with Gasteiger partial charge in [-0.25, -0.2) is 0 Å². The molecule has 0 radical (unpaired) electrons. The van der Waals surface area contributed by atoms with E-state index >= 15 is 0 Å². The molecule has 0 atom stereocenters. The summed E-state index contributed by atoms with van der Waals surface area (Å²) in [5.74, 6) is 0.217. The van der Waals surface area contributed by atoms with E-state index in [4.69, 9.17) is 4.74 Å². The highest BCUT2D eigenvalue weighted by Crippen LogP contribution is 2.25. The first kappa shape index (κ1) is 13.2. The van der Waals surface area contributed by atoms with Crippen LogP contribution in [0.15, 0.2) is 23.8 Å². The molecule has 0 unspecified atom stereocenters. The van der Waals surface area contributed by atoms with Gasteiger partial charge in [0.2, 0.25) is 0 Å². The van der Waals surface area contributed by atoms with Crippen LogP contribution in [0.2, 0.25) is 0 Å². The molecule has 0 saturated carbocycles. The first-order chi connectivity index (χ1) is 7.97. The molecule has 1 aromatic carbocycles. The number of benzene rings is 1. The summed E-state index contributed by atoms with van der Waals surface area (Å²) in [4.78, 5) is 22.7. The second-order valence-corrected chi connectivity index (χ2v) is 3.87. The van der Waals surface area contributed by atoms with E-state index in [1.807, 2.05) is 25.1 Å². The van der Waals surface area contributed by atoms with Gasteiger partial charge in [-0.2, -0.15) is 0 Å². The average Bonchev–Trinajstić information content (AvgIpc) is 2.25. The molecule has 90 valence electrons. The van der Waals surface area contributed by atoms with Crippen molar-refractivity contribution in [1.82, 2.24) is 0 Å². The number of carbonyl (C=O) groups is 2. The molecule has 0 aromatic heterocycles. The topological polar surface area (TPSA) is 43.4 Å². The zero-order valence-electron chi connectivity index (χ0n) is 10.5. The Morgan fingerprint density at radius 2 is 1.76 bits per heavy atom. The third-order valence-corrected chi connectivity index (χ3v) is 2.50. The molecule has 0 aliphatic carbocycles. The normalized spacial score (nSPS) is 9.65. The maximum atomic E-state index is 11.3. The monoisotopic (exact) mass is 232 g/mol. The average molecular weight is 232 g/mol. The van der Waals surface area contributed by atoms with E-state index in [9.17, 15) is 9.59 Å². The summed E-state index contributed by atoms with van der Waals surface area (Å²) in [6, 6.07) is 5.59. The van der Waals surface area contributed by atoms with Crippen LogP contribution in [0, 0.1) is 6.92 Å². The number of ketones is 2. The molecular formula is C14H16O3. The van der Waals surface area contributed by atoms with Crippen LogP contribution in [0.1, 0.15) is 25.0 Å². The Morgan fingerprint density at radius 1 is 1.18 bits per heavy atom. The van der Waals surface area contributed by atoms with Crippen molar-refractivity contribution in [2.75, 3.05) is 7.11 Å². The molecular weight excluding hydrogens is 216 g/mol. The molecule has 0 bridgehead atoms. The van der Waals surface area contributed by atoms with Crippen molar-refractivity contribution < 1.29 is 14.3 Å². The Hall–Kier alpha value is -1.90. The van der Waals surface area contributed by atoms with Gasteiger partial charge in [0.1, 0.15) is 5.75 Å². The molecule has 1 aromatic rings. The van der Waals surface area contributed by atoms with Crippen molar-refractivity contribution in [2.24, 2.45) is 0 Å². The number of hydrogen-bond donors (Lipinski definition) is 0. The minimum Gasteiger partial charge on any atom is -0.496 e. The van der Waals surface area contributed by atoms with Gasteiger partial charge in [0.05, 0.1) is 12.7 Å².